The fourth-order valence-corrected chi connectivity index (χ4v) is 4.77. The van der Waals surface area contributed by atoms with Gasteiger partial charge >= 0.3 is 7.69 Å². The maximum absolute atomic E-state index is 9.02. The number of benzene rings is 6. The number of anilines is 3. The molecule has 0 aliphatic carbocycles. The van der Waals surface area contributed by atoms with Crippen LogP contribution in [0.2, 0.25) is 0 Å². The summed E-state index contributed by atoms with van der Waals surface area (Å²) < 4.78 is 5.15. The molecule has 0 aliphatic heterocycles. The van der Waals surface area contributed by atoms with Crippen LogP contribution in [0.5, 0.6) is 5.75 Å². The maximum Gasteiger partial charge on any atom is 0.569 e. The first-order chi connectivity index (χ1) is 17.8. The molecular weight excluding hydrogens is 441 g/mol. The maximum atomic E-state index is 9.02. The van der Waals surface area contributed by atoms with E-state index < -0.39 is 0 Å². The molecule has 0 aliphatic rings. The second-order valence-corrected chi connectivity index (χ2v) is 8.66. The van der Waals surface area contributed by atoms with Crippen LogP contribution in [-0.2, 0) is 0 Å². The van der Waals surface area contributed by atoms with Crippen molar-refractivity contribution in [2.45, 2.75) is 0 Å². The third-order valence-electron chi connectivity index (χ3n) is 6.48. The summed E-state index contributed by atoms with van der Waals surface area (Å²) in [5.41, 5.74) is 5.43. The predicted molar refractivity (Wildman–Crippen MR) is 150 cm³/mol. The molecule has 6 aromatic carbocycles. The van der Waals surface area contributed by atoms with Crippen molar-refractivity contribution in [3.8, 4) is 16.9 Å². The molecule has 0 saturated heterocycles. The van der Waals surface area contributed by atoms with E-state index in [9.17, 15) is 0 Å². The van der Waals surface area contributed by atoms with Gasteiger partial charge in [0, 0.05) is 17.1 Å². The van der Waals surface area contributed by atoms with Gasteiger partial charge in [-0.3, -0.25) is 0 Å². The molecule has 0 spiro atoms. The van der Waals surface area contributed by atoms with Gasteiger partial charge in [-0.05, 0) is 81.2 Å². The zero-order chi connectivity index (χ0) is 24.3. The Morgan fingerprint density at radius 3 is 1.94 bits per heavy atom. The fourth-order valence-electron chi connectivity index (χ4n) is 4.77. The van der Waals surface area contributed by atoms with Crippen molar-refractivity contribution in [1.29, 1.82) is 0 Å². The third kappa shape index (κ3) is 4.19. The van der Waals surface area contributed by atoms with Gasteiger partial charge < -0.3 is 14.6 Å². The highest BCUT2D eigenvalue weighted by Crippen LogP contribution is 2.39. The Morgan fingerprint density at radius 2 is 1.14 bits per heavy atom. The lowest BCUT2D eigenvalue weighted by molar-refractivity contribution is 0.454. The molecule has 171 valence electrons. The molecule has 0 heterocycles. The Hall–Kier alpha value is -4.54. The van der Waals surface area contributed by atoms with Crippen molar-refractivity contribution in [3.63, 3.8) is 0 Å². The molecule has 0 bridgehead atoms. The van der Waals surface area contributed by atoms with Gasteiger partial charge in [0.15, 0.2) is 0 Å². The smallest absolute Gasteiger partial charge is 0.537 e. The van der Waals surface area contributed by atoms with Crippen molar-refractivity contribution >= 4 is 46.3 Å². The van der Waals surface area contributed by atoms with Crippen LogP contribution in [0.4, 0.5) is 17.1 Å². The van der Waals surface area contributed by atoms with E-state index in [1.54, 1.807) is 0 Å². The van der Waals surface area contributed by atoms with Gasteiger partial charge in [-0.2, -0.15) is 0 Å². The summed E-state index contributed by atoms with van der Waals surface area (Å²) >= 11 is 0. The van der Waals surface area contributed by atoms with Crippen molar-refractivity contribution in [3.05, 3.63) is 133 Å². The van der Waals surface area contributed by atoms with Crippen LogP contribution in [-0.4, -0.2) is 12.7 Å². The molecule has 0 fully saturated rings. The largest absolute Gasteiger partial charge is 0.569 e. The van der Waals surface area contributed by atoms with E-state index in [-0.39, 0.29) is 0 Å². The lowest BCUT2D eigenvalue weighted by Gasteiger charge is -2.26. The zero-order valence-electron chi connectivity index (χ0n) is 19.6. The van der Waals surface area contributed by atoms with E-state index >= 15 is 0 Å². The van der Waals surface area contributed by atoms with Crippen LogP contribution in [0.15, 0.2) is 133 Å². The van der Waals surface area contributed by atoms with Gasteiger partial charge in [-0.15, -0.1) is 0 Å². The SMILES string of the molecule is O[B]Oc1ccc(N(c2cccc(-c3ccccc3)c2)c2ccc3ccc4ccccc4c3c2)cc1. The molecule has 1 radical (unpaired) electrons. The first-order valence-corrected chi connectivity index (χ1v) is 11.9. The Labute approximate surface area is 211 Å². The van der Waals surface area contributed by atoms with E-state index in [1.165, 1.54) is 27.1 Å². The van der Waals surface area contributed by atoms with Crippen LogP contribution in [0.1, 0.15) is 0 Å². The average molecular weight is 464 g/mol. The van der Waals surface area contributed by atoms with Crippen molar-refractivity contribution in [2.75, 3.05) is 4.90 Å². The van der Waals surface area contributed by atoms with E-state index in [1.807, 2.05) is 30.3 Å². The van der Waals surface area contributed by atoms with E-state index in [2.05, 4.69) is 108 Å². The monoisotopic (exact) mass is 464 g/mol. The summed E-state index contributed by atoms with van der Waals surface area (Å²) in [5.74, 6) is 0.573. The Morgan fingerprint density at radius 1 is 0.500 bits per heavy atom. The van der Waals surface area contributed by atoms with Crippen molar-refractivity contribution in [2.24, 2.45) is 0 Å². The number of fused-ring (bicyclic) bond motifs is 3. The van der Waals surface area contributed by atoms with E-state index in [0.717, 1.165) is 22.6 Å². The standard InChI is InChI=1S/C32H23BNO2/c35-33-36-30-19-17-27(18-20-30)34(28-11-6-10-26(21-28)23-7-2-1-3-8-23)29-16-15-25-14-13-24-9-4-5-12-31(24)32(25)22-29/h1-22,35H. The Bertz CT molecular complexity index is 1650. The number of nitrogens with zero attached hydrogens (tertiary/aromatic N) is 1. The molecule has 6 aromatic rings. The minimum atomic E-state index is 0.573. The minimum Gasteiger partial charge on any atom is -0.537 e. The summed E-state index contributed by atoms with van der Waals surface area (Å²) in [6.07, 6.45) is 0. The van der Waals surface area contributed by atoms with Crippen LogP contribution < -0.4 is 9.55 Å². The summed E-state index contributed by atoms with van der Waals surface area (Å²) in [6, 6.07) is 46.2. The van der Waals surface area contributed by atoms with Gasteiger partial charge in [-0.25, -0.2) is 0 Å². The van der Waals surface area contributed by atoms with Gasteiger partial charge in [0.25, 0.3) is 0 Å². The molecule has 6 rings (SSSR count). The van der Waals surface area contributed by atoms with Crippen LogP contribution in [0.3, 0.4) is 0 Å². The van der Waals surface area contributed by atoms with Gasteiger partial charge in [0.2, 0.25) is 0 Å². The summed E-state index contributed by atoms with van der Waals surface area (Å²) in [6.45, 7) is 0. The molecule has 1 N–H and O–H groups in total. The van der Waals surface area contributed by atoms with Gasteiger partial charge in [0.05, 0.1) is 0 Å². The lowest BCUT2D eigenvalue weighted by Crippen LogP contribution is -2.10. The molecule has 3 nitrogen and oxygen atoms in total. The quantitative estimate of drug-likeness (QED) is 0.200. The zero-order valence-corrected chi connectivity index (χ0v) is 19.6. The highest BCUT2D eigenvalue weighted by Gasteiger charge is 2.15. The lowest BCUT2D eigenvalue weighted by atomic mass is 10.0. The first-order valence-electron chi connectivity index (χ1n) is 11.9. The van der Waals surface area contributed by atoms with Crippen LogP contribution in [0.25, 0.3) is 32.7 Å². The average Bonchev–Trinajstić information content (AvgIpc) is 2.95. The van der Waals surface area contributed by atoms with E-state index in [0.29, 0.717) is 13.4 Å². The van der Waals surface area contributed by atoms with Gasteiger partial charge in [0.1, 0.15) is 5.75 Å². The number of hydrogen-bond donors (Lipinski definition) is 1. The number of hydrogen-bond acceptors (Lipinski definition) is 3. The second-order valence-electron chi connectivity index (χ2n) is 8.66. The summed E-state index contributed by atoms with van der Waals surface area (Å²) in [4.78, 5) is 2.25. The van der Waals surface area contributed by atoms with Crippen molar-refractivity contribution in [1.82, 2.24) is 0 Å². The molecule has 0 atom stereocenters. The molecule has 0 aromatic heterocycles. The summed E-state index contributed by atoms with van der Waals surface area (Å²) in [5, 5.41) is 13.9. The molecule has 36 heavy (non-hydrogen) atoms. The predicted octanol–water partition coefficient (Wildman–Crippen LogP) is 8.04. The number of rotatable bonds is 6. The molecule has 0 amide bonds. The fraction of sp³-hybridized carbons (Fsp3) is 0. The molecule has 0 saturated carbocycles. The van der Waals surface area contributed by atoms with Crippen molar-refractivity contribution < 1.29 is 9.68 Å². The third-order valence-corrected chi connectivity index (χ3v) is 6.48. The Kier molecular flexibility index (Phi) is 5.86. The minimum absolute atomic E-state index is 0.573. The normalized spacial score (nSPS) is 10.9. The molecule has 0 unspecified atom stereocenters. The van der Waals surface area contributed by atoms with Gasteiger partial charge in [-0.1, -0.05) is 84.9 Å². The first kappa shape index (κ1) is 22.0. The molecule has 4 heteroatoms. The summed E-state index contributed by atoms with van der Waals surface area (Å²) in [7, 11) is 0.699. The second kappa shape index (κ2) is 9.61. The van der Waals surface area contributed by atoms with Crippen LogP contribution in [0, 0.1) is 0 Å². The van der Waals surface area contributed by atoms with Crippen LogP contribution >= 0.6 is 0 Å². The van der Waals surface area contributed by atoms with E-state index in [4.69, 9.17) is 9.68 Å². The highest BCUT2D eigenvalue weighted by atomic mass is 16.5. The highest BCUT2D eigenvalue weighted by molar-refractivity contribution is 6.17. The Balaban J connectivity index is 1.54. The molecular formula is C32H23BNO2. The topological polar surface area (TPSA) is 32.7 Å².